The van der Waals surface area contributed by atoms with Gasteiger partial charge in [-0.15, -0.1) is 0 Å². The molecule has 2 heterocycles. The van der Waals surface area contributed by atoms with Gasteiger partial charge in [0.25, 0.3) is 5.95 Å². The predicted molar refractivity (Wildman–Crippen MR) is 102 cm³/mol. The molecule has 0 atom stereocenters. The van der Waals surface area contributed by atoms with Gasteiger partial charge >= 0.3 is 0 Å². The van der Waals surface area contributed by atoms with Crippen molar-refractivity contribution in [1.29, 1.82) is 0 Å². The average Bonchev–Trinajstić information content (AvgIpc) is 3.56. The lowest BCUT2D eigenvalue weighted by atomic mass is 10.1. The van der Waals surface area contributed by atoms with Crippen molar-refractivity contribution in [2.75, 3.05) is 45.6 Å². The van der Waals surface area contributed by atoms with Crippen molar-refractivity contribution in [3.05, 3.63) is 41.7 Å². The molecule has 0 amide bonds. The lowest BCUT2D eigenvalue weighted by Gasteiger charge is -2.27. The molecule has 0 radical (unpaired) electrons. The number of morpholine rings is 1. The zero-order valence-electron chi connectivity index (χ0n) is 15.9. The van der Waals surface area contributed by atoms with Crippen molar-refractivity contribution in [2.45, 2.75) is 25.3 Å². The van der Waals surface area contributed by atoms with Crippen LogP contribution in [-0.4, -0.2) is 55.4 Å². The summed E-state index contributed by atoms with van der Waals surface area (Å²) in [6.07, 6.45) is 6.25. The summed E-state index contributed by atoms with van der Waals surface area (Å²) in [4.78, 5) is 16.9. The minimum atomic E-state index is 0.501. The Morgan fingerprint density at radius 2 is 1.89 bits per heavy atom. The Bertz CT molecular complexity index is 758. The van der Waals surface area contributed by atoms with Gasteiger partial charge in [0, 0.05) is 32.0 Å². The maximum atomic E-state index is 5.63. The minimum Gasteiger partial charge on any atom is -0.494 e. The highest BCUT2D eigenvalue weighted by Crippen LogP contribution is 2.40. The molecule has 4 rings (SSSR count). The highest BCUT2D eigenvalue weighted by Gasteiger charge is 2.25. The second-order valence-corrected chi connectivity index (χ2v) is 6.96. The van der Waals surface area contributed by atoms with E-state index in [-0.39, 0.29) is 0 Å². The quantitative estimate of drug-likeness (QED) is 0.695. The largest absolute Gasteiger partial charge is 0.494 e. The predicted octanol–water partition coefficient (Wildman–Crippen LogP) is 2.89. The van der Waals surface area contributed by atoms with Crippen LogP contribution in [0.1, 0.15) is 29.9 Å². The second kappa shape index (κ2) is 8.21. The lowest BCUT2D eigenvalue weighted by Crippen LogP contribution is -2.35. The summed E-state index contributed by atoms with van der Waals surface area (Å²) < 4.78 is 11.1. The van der Waals surface area contributed by atoms with Crippen LogP contribution in [0.2, 0.25) is 0 Å². The molecule has 1 saturated carbocycles. The SMILES string of the molecule is COc1cc(CN2CCOCC2)ccc1N(OC)c1ncc(C2CC2)cn1. The Labute approximate surface area is 159 Å². The fourth-order valence-corrected chi connectivity index (χ4v) is 3.36. The van der Waals surface area contributed by atoms with E-state index < -0.39 is 0 Å². The van der Waals surface area contributed by atoms with Crippen molar-refractivity contribution < 1.29 is 14.3 Å². The fourth-order valence-electron chi connectivity index (χ4n) is 3.36. The Kier molecular flexibility index (Phi) is 5.52. The number of anilines is 2. The fraction of sp³-hybridized carbons (Fsp3) is 0.500. The van der Waals surface area contributed by atoms with E-state index in [9.17, 15) is 0 Å². The molecule has 0 spiro atoms. The van der Waals surface area contributed by atoms with E-state index in [0.717, 1.165) is 44.3 Å². The van der Waals surface area contributed by atoms with E-state index in [2.05, 4.69) is 27.0 Å². The molecule has 1 aromatic carbocycles. The van der Waals surface area contributed by atoms with Gasteiger partial charge in [0.2, 0.25) is 0 Å². The smallest absolute Gasteiger partial charge is 0.254 e. The minimum absolute atomic E-state index is 0.501. The summed E-state index contributed by atoms with van der Waals surface area (Å²) in [6, 6.07) is 6.14. The average molecular weight is 370 g/mol. The molecule has 2 aliphatic rings. The first-order valence-electron chi connectivity index (χ1n) is 9.41. The van der Waals surface area contributed by atoms with Gasteiger partial charge in [-0.2, -0.15) is 5.06 Å². The van der Waals surface area contributed by atoms with Crippen LogP contribution in [0.4, 0.5) is 11.6 Å². The summed E-state index contributed by atoms with van der Waals surface area (Å²) in [7, 11) is 3.28. The monoisotopic (exact) mass is 370 g/mol. The maximum absolute atomic E-state index is 5.63. The van der Waals surface area contributed by atoms with Crippen LogP contribution in [0.25, 0.3) is 0 Å². The van der Waals surface area contributed by atoms with E-state index in [1.54, 1.807) is 19.3 Å². The molecular weight excluding hydrogens is 344 g/mol. The standard InChI is InChI=1S/C20H26N4O3/c1-25-19-11-15(14-23-7-9-27-10-8-23)3-6-18(19)24(26-2)20-21-12-17(13-22-20)16-4-5-16/h3,6,11-13,16H,4-5,7-10,14H2,1-2H3. The molecule has 0 N–H and O–H groups in total. The van der Waals surface area contributed by atoms with Crippen LogP contribution in [0.3, 0.4) is 0 Å². The lowest BCUT2D eigenvalue weighted by molar-refractivity contribution is 0.0341. The maximum Gasteiger partial charge on any atom is 0.254 e. The Morgan fingerprint density at radius 1 is 1.15 bits per heavy atom. The first-order valence-corrected chi connectivity index (χ1v) is 9.41. The first-order chi connectivity index (χ1) is 13.3. The highest BCUT2D eigenvalue weighted by molar-refractivity contribution is 5.64. The molecule has 0 bridgehead atoms. The van der Waals surface area contributed by atoms with Crippen LogP contribution < -0.4 is 9.80 Å². The molecule has 27 heavy (non-hydrogen) atoms. The van der Waals surface area contributed by atoms with Gasteiger partial charge in [-0.1, -0.05) is 6.07 Å². The molecule has 1 saturated heterocycles. The normalized spacial score (nSPS) is 17.7. The third-order valence-electron chi connectivity index (χ3n) is 5.04. The highest BCUT2D eigenvalue weighted by atomic mass is 16.7. The third kappa shape index (κ3) is 4.21. The molecule has 7 heteroatoms. The number of ether oxygens (including phenoxy) is 2. The van der Waals surface area contributed by atoms with Gasteiger partial charge < -0.3 is 9.47 Å². The van der Waals surface area contributed by atoms with E-state index in [0.29, 0.717) is 11.9 Å². The molecular formula is C20H26N4O3. The zero-order valence-corrected chi connectivity index (χ0v) is 15.9. The zero-order chi connectivity index (χ0) is 18.6. The van der Waals surface area contributed by atoms with E-state index >= 15 is 0 Å². The number of nitrogens with zero attached hydrogens (tertiary/aromatic N) is 4. The van der Waals surface area contributed by atoms with Crippen molar-refractivity contribution >= 4 is 11.6 Å². The first kappa shape index (κ1) is 18.2. The van der Waals surface area contributed by atoms with Crippen molar-refractivity contribution in [2.24, 2.45) is 0 Å². The summed E-state index contributed by atoms with van der Waals surface area (Å²) in [5, 5.41) is 1.61. The van der Waals surface area contributed by atoms with Crippen LogP contribution in [0, 0.1) is 0 Å². The number of benzene rings is 1. The summed E-state index contributed by atoms with van der Waals surface area (Å²) in [5.74, 6) is 1.86. The Hall–Kier alpha value is -2.22. The topological polar surface area (TPSA) is 60.0 Å². The van der Waals surface area contributed by atoms with Gasteiger partial charge in [-0.25, -0.2) is 9.97 Å². The molecule has 1 aliphatic heterocycles. The number of rotatable bonds is 7. The van der Waals surface area contributed by atoms with E-state index in [4.69, 9.17) is 14.3 Å². The number of aromatic nitrogens is 2. The molecule has 2 aromatic rings. The molecule has 1 aromatic heterocycles. The molecule has 1 aliphatic carbocycles. The number of methoxy groups -OCH3 is 1. The summed E-state index contributed by atoms with van der Waals surface area (Å²) in [5.41, 5.74) is 3.17. The third-order valence-corrected chi connectivity index (χ3v) is 5.04. The number of hydrogen-bond acceptors (Lipinski definition) is 7. The molecule has 144 valence electrons. The van der Waals surface area contributed by atoms with Gasteiger partial charge in [-0.05, 0) is 42.0 Å². The summed E-state index contributed by atoms with van der Waals surface area (Å²) >= 11 is 0. The van der Waals surface area contributed by atoms with Crippen LogP contribution in [0.15, 0.2) is 30.6 Å². The van der Waals surface area contributed by atoms with Crippen LogP contribution >= 0.6 is 0 Å². The van der Waals surface area contributed by atoms with Crippen molar-refractivity contribution in [3.63, 3.8) is 0 Å². The summed E-state index contributed by atoms with van der Waals surface area (Å²) in [6.45, 7) is 4.37. The van der Waals surface area contributed by atoms with E-state index in [1.807, 2.05) is 18.5 Å². The van der Waals surface area contributed by atoms with Crippen LogP contribution in [0.5, 0.6) is 5.75 Å². The van der Waals surface area contributed by atoms with Gasteiger partial charge in [-0.3, -0.25) is 9.74 Å². The van der Waals surface area contributed by atoms with E-state index in [1.165, 1.54) is 24.0 Å². The van der Waals surface area contributed by atoms with Crippen molar-refractivity contribution in [1.82, 2.24) is 14.9 Å². The van der Waals surface area contributed by atoms with Gasteiger partial charge in [0.15, 0.2) is 0 Å². The Balaban J connectivity index is 1.54. The van der Waals surface area contributed by atoms with Gasteiger partial charge in [0.1, 0.15) is 11.4 Å². The number of hydrogen-bond donors (Lipinski definition) is 0. The van der Waals surface area contributed by atoms with Gasteiger partial charge in [0.05, 0.1) is 27.4 Å². The second-order valence-electron chi connectivity index (χ2n) is 6.96. The van der Waals surface area contributed by atoms with Crippen LogP contribution in [-0.2, 0) is 16.1 Å². The molecule has 7 nitrogen and oxygen atoms in total. The molecule has 2 fully saturated rings. The van der Waals surface area contributed by atoms with Crippen molar-refractivity contribution in [3.8, 4) is 5.75 Å². The molecule has 0 unspecified atom stereocenters. The Morgan fingerprint density at radius 3 is 2.52 bits per heavy atom.